The summed E-state index contributed by atoms with van der Waals surface area (Å²) in [5.41, 5.74) is -0.241. The molecule has 0 fully saturated rings. The number of aryl methyl sites for hydroxylation is 1. The number of pyridine rings is 1. The first kappa shape index (κ1) is 17.5. The summed E-state index contributed by atoms with van der Waals surface area (Å²) in [7, 11) is -4.10. The lowest BCUT2D eigenvalue weighted by Crippen LogP contribution is -2.17. The third kappa shape index (κ3) is 3.11. The molecule has 0 bridgehead atoms. The molecular weight excluding hydrogens is 360 g/mol. The molecule has 9 heteroatoms. The average Bonchev–Trinajstić information content (AvgIpc) is 2.57. The number of carbonyl (C=O) groups is 1. The highest BCUT2D eigenvalue weighted by molar-refractivity contribution is 7.92. The van der Waals surface area contributed by atoms with Gasteiger partial charge < -0.3 is 15.2 Å². The Bertz CT molecular complexity index is 1200. The Morgan fingerprint density at radius 1 is 1.15 bits per heavy atom. The second kappa shape index (κ2) is 6.19. The van der Waals surface area contributed by atoms with Gasteiger partial charge in [-0.1, -0.05) is 6.07 Å². The molecular formula is C17H14N2O6S. The number of hydrogen-bond donors (Lipinski definition) is 4. The van der Waals surface area contributed by atoms with Crippen LogP contribution in [0, 0.1) is 6.92 Å². The van der Waals surface area contributed by atoms with Gasteiger partial charge in [-0.3, -0.25) is 9.52 Å². The summed E-state index contributed by atoms with van der Waals surface area (Å²) in [6.45, 7) is 1.74. The molecule has 8 nitrogen and oxygen atoms in total. The lowest BCUT2D eigenvalue weighted by Gasteiger charge is -2.11. The van der Waals surface area contributed by atoms with Crippen molar-refractivity contribution in [1.82, 2.24) is 4.98 Å². The zero-order valence-corrected chi connectivity index (χ0v) is 14.3. The van der Waals surface area contributed by atoms with Crippen molar-refractivity contribution in [2.45, 2.75) is 11.8 Å². The Morgan fingerprint density at radius 3 is 2.58 bits per heavy atom. The molecule has 0 spiro atoms. The molecule has 0 aliphatic rings. The van der Waals surface area contributed by atoms with Gasteiger partial charge in [-0.2, -0.15) is 0 Å². The van der Waals surface area contributed by atoms with Crippen molar-refractivity contribution in [1.29, 1.82) is 0 Å². The standard InChI is InChI=1S/C17H14N2O6S/c1-9-2-5-15(20)14(6-9)19-26(24,25)10-3-4-13-11(7-10)16(21)12(8-18-13)17(22)23/h2-8,19-20H,1H3,(H,18,21)(H,22,23). The number of phenols is 1. The molecule has 0 aliphatic carbocycles. The van der Waals surface area contributed by atoms with Crippen molar-refractivity contribution < 1.29 is 23.4 Å². The summed E-state index contributed by atoms with van der Waals surface area (Å²) in [5, 5.41) is 18.8. The van der Waals surface area contributed by atoms with Gasteiger partial charge in [0.2, 0.25) is 5.43 Å². The number of sulfonamides is 1. The molecule has 0 amide bonds. The lowest BCUT2D eigenvalue weighted by atomic mass is 10.1. The van der Waals surface area contributed by atoms with Crippen LogP contribution in [0.4, 0.5) is 5.69 Å². The number of anilines is 1. The van der Waals surface area contributed by atoms with Crippen LogP contribution in [0.25, 0.3) is 10.9 Å². The minimum absolute atomic E-state index is 0.00158. The van der Waals surface area contributed by atoms with Gasteiger partial charge in [0.25, 0.3) is 10.0 Å². The van der Waals surface area contributed by atoms with E-state index in [9.17, 15) is 23.1 Å². The van der Waals surface area contributed by atoms with Crippen molar-refractivity contribution in [2.75, 3.05) is 4.72 Å². The van der Waals surface area contributed by atoms with Crippen LogP contribution in [0.15, 0.2) is 52.3 Å². The minimum Gasteiger partial charge on any atom is -0.506 e. The van der Waals surface area contributed by atoms with E-state index in [1.54, 1.807) is 13.0 Å². The molecule has 1 heterocycles. The van der Waals surface area contributed by atoms with Gasteiger partial charge in [-0.15, -0.1) is 0 Å². The molecule has 0 saturated carbocycles. The topological polar surface area (TPSA) is 137 Å². The van der Waals surface area contributed by atoms with Crippen molar-refractivity contribution in [3.8, 4) is 5.75 Å². The number of carboxylic acids is 1. The summed E-state index contributed by atoms with van der Waals surface area (Å²) in [6.07, 6.45) is 1.06. The molecule has 0 unspecified atom stereocenters. The Hall–Kier alpha value is -3.33. The number of rotatable bonds is 4. The van der Waals surface area contributed by atoms with Crippen LogP contribution in [-0.2, 0) is 10.0 Å². The van der Waals surface area contributed by atoms with Gasteiger partial charge in [0.1, 0.15) is 11.3 Å². The number of aromatic carboxylic acids is 1. The Labute approximate surface area is 147 Å². The van der Waals surface area contributed by atoms with Crippen LogP contribution >= 0.6 is 0 Å². The SMILES string of the molecule is Cc1ccc(O)c(NS(=O)(=O)c2ccc3[nH]cc(C(=O)O)c(=O)c3c2)c1. The highest BCUT2D eigenvalue weighted by atomic mass is 32.2. The molecule has 4 N–H and O–H groups in total. The molecule has 3 aromatic rings. The summed E-state index contributed by atoms with van der Waals surface area (Å²) < 4.78 is 27.4. The first-order valence-electron chi connectivity index (χ1n) is 7.40. The fraction of sp³-hybridized carbons (Fsp3) is 0.0588. The van der Waals surface area contributed by atoms with Crippen molar-refractivity contribution in [2.24, 2.45) is 0 Å². The zero-order chi connectivity index (χ0) is 19.1. The number of H-pyrrole nitrogens is 1. The predicted octanol–water partition coefficient (Wildman–Crippen LogP) is 2.04. The number of aromatic hydroxyl groups is 1. The third-order valence-corrected chi connectivity index (χ3v) is 5.15. The largest absolute Gasteiger partial charge is 0.506 e. The number of aromatic amines is 1. The number of benzene rings is 2. The molecule has 26 heavy (non-hydrogen) atoms. The zero-order valence-electron chi connectivity index (χ0n) is 13.5. The van der Waals surface area contributed by atoms with Gasteiger partial charge in [0, 0.05) is 17.1 Å². The molecule has 0 aliphatic heterocycles. The normalized spacial score (nSPS) is 11.4. The van der Waals surface area contributed by atoms with Gasteiger partial charge >= 0.3 is 5.97 Å². The van der Waals surface area contributed by atoms with E-state index < -0.39 is 27.0 Å². The smallest absolute Gasteiger partial charge is 0.341 e. The fourth-order valence-corrected chi connectivity index (χ4v) is 3.55. The van der Waals surface area contributed by atoms with Gasteiger partial charge in [-0.05, 0) is 42.8 Å². The highest BCUT2D eigenvalue weighted by Crippen LogP contribution is 2.27. The van der Waals surface area contributed by atoms with Gasteiger partial charge in [0.15, 0.2) is 0 Å². The first-order chi connectivity index (χ1) is 12.2. The number of aromatic nitrogens is 1. The van der Waals surface area contributed by atoms with Crippen LogP contribution in [-0.4, -0.2) is 29.6 Å². The van der Waals surface area contributed by atoms with Crippen LogP contribution < -0.4 is 10.2 Å². The number of carboxylic acid groups (broad SMARTS) is 1. The van der Waals surface area contributed by atoms with E-state index in [-0.39, 0.29) is 21.7 Å². The molecule has 0 radical (unpaired) electrons. The van der Waals surface area contributed by atoms with E-state index in [2.05, 4.69) is 9.71 Å². The first-order valence-corrected chi connectivity index (χ1v) is 8.88. The highest BCUT2D eigenvalue weighted by Gasteiger charge is 2.19. The van der Waals surface area contributed by atoms with Gasteiger partial charge in [-0.25, -0.2) is 13.2 Å². The van der Waals surface area contributed by atoms with E-state index in [4.69, 9.17) is 5.11 Å². The molecule has 0 saturated heterocycles. The number of fused-ring (bicyclic) bond motifs is 1. The van der Waals surface area contributed by atoms with E-state index in [0.29, 0.717) is 5.52 Å². The second-order valence-corrected chi connectivity index (χ2v) is 7.35. The Balaban J connectivity index is 2.11. The van der Waals surface area contributed by atoms with Crippen LogP contribution in [0.5, 0.6) is 5.75 Å². The molecule has 0 atom stereocenters. The summed E-state index contributed by atoms with van der Waals surface area (Å²) in [5.74, 6) is -1.66. The molecule has 1 aromatic heterocycles. The van der Waals surface area contributed by atoms with Crippen molar-refractivity contribution >= 4 is 32.6 Å². The maximum Gasteiger partial charge on any atom is 0.341 e. The van der Waals surface area contributed by atoms with Crippen LogP contribution in [0.1, 0.15) is 15.9 Å². The van der Waals surface area contributed by atoms with E-state index in [1.807, 2.05) is 0 Å². The van der Waals surface area contributed by atoms with E-state index in [0.717, 1.165) is 17.8 Å². The number of hydrogen-bond acceptors (Lipinski definition) is 5. The Kier molecular flexibility index (Phi) is 4.17. The number of nitrogens with one attached hydrogen (secondary N) is 2. The molecule has 2 aromatic carbocycles. The minimum atomic E-state index is -4.10. The maximum absolute atomic E-state index is 12.6. The lowest BCUT2D eigenvalue weighted by molar-refractivity contribution is 0.0695. The predicted molar refractivity (Wildman–Crippen MR) is 95.2 cm³/mol. The van der Waals surface area contributed by atoms with E-state index in [1.165, 1.54) is 24.3 Å². The molecule has 3 rings (SSSR count). The summed E-state index contributed by atoms with van der Waals surface area (Å²) in [4.78, 5) is 25.7. The van der Waals surface area contributed by atoms with Crippen molar-refractivity contribution in [3.63, 3.8) is 0 Å². The number of phenolic OH excluding ortho intramolecular Hbond substituents is 1. The Morgan fingerprint density at radius 2 is 1.88 bits per heavy atom. The summed E-state index contributed by atoms with van der Waals surface area (Å²) in [6, 6.07) is 8.17. The van der Waals surface area contributed by atoms with Gasteiger partial charge in [0.05, 0.1) is 10.6 Å². The monoisotopic (exact) mass is 374 g/mol. The fourth-order valence-electron chi connectivity index (χ4n) is 2.46. The third-order valence-electron chi connectivity index (χ3n) is 3.79. The average molecular weight is 374 g/mol. The quantitative estimate of drug-likeness (QED) is 0.516. The van der Waals surface area contributed by atoms with E-state index >= 15 is 0 Å². The van der Waals surface area contributed by atoms with Crippen LogP contribution in [0.3, 0.4) is 0 Å². The summed E-state index contributed by atoms with van der Waals surface area (Å²) >= 11 is 0. The van der Waals surface area contributed by atoms with Crippen molar-refractivity contribution in [3.05, 3.63) is 63.9 Å². The maximum atomic E-state index is 12.6. The second-order valence-electron chi connectivity index (χ2n) is 5.67. The molecule has 134 valence electrons. The van der Waals surface area contributed by atoms with Crippen LogP contribution in [0.2, 0.25) is 0 Å².